The van der Waals surface area contributed by atoms with Crippen molar-refractivity contribution in [3.63, 3.8) is 0 Å². The molecule has 2 aromatic carbocycles. The predicted molar refractivity (Wildman–Crippen MR) is 107 cm³/mol. The number of ether oxygens (including phenoxy) is 1. The van der Waals surface area contributed by atoms with Crippen LogP contribution in [0.5, 0.6) is 5.75 Å². The van der Waals surface area contributed by atoms with Crippen molar-refractivity contribution in [2.75, 3.05) is 25.6 Å². The molecule has 5 nitrogen and oxygen atoms in total. The van der Waals surface area contributed by atoms with Crippen molar-refractivity contribution in [1.82, 2.24) is 5.43 Å². The monoisotopic (exact) mass is 353 g/mol. The van der Waals surface area contributed by atoms with Gasteiger partial charge in [0.25, 0.3) is 5.91 Å². The van der Waals surface area contributed by atoms with Gasteiger partial charge in [0.05, 0.1) is 6.21 Å². The van der Waals surface area contributed by atoms with Gasteiger partial charge in [0, 0.05) is 19.8 Å². The molecule has 1 N–H and O–H groups in total. The number of nitrogens with zero attached hydrogens (tertiary/aromatic N) is 2. The summed E-state index contributed by atoms with van der Waals surface area (Å²) in [6, 6.07) is 15.7. The smallest absolute Gasteiger partial charge is 0.277 e. The molecule has 138 valence electrons. The molecule has 0 bridgehead atoms. The molecule has 26 heavy (non-hydrogen) atoms. The number of anilines is 1. The molecule has 0 heterocycles. The van der Waals surface area contributed by atoms with E-state index in [1.807, 2.05) is 67.5 Å². The molecule has 0 radical (unpaired) electrons. The van der Waals surface area contributed by atoms with Crippen LogP contribution in [0.4, 0.5) is 5.69 Å². The van der Waals surface area contributed by atoms with Gasteiger partial charge in [0.1, 0.15) is 5.75 Å². The first-order chi connectivity index (χ1) is 12.5. The van der Waals surface area contributed by atoms with Crippen LogP contribution in [0.1, 0.15) is 37.3 Å². The Morgan fingerprint density at radius 2 is 1.88 bits per heavy atom. The van der Waals surface area contributed by atoms with Crippen molar-refractivity contribution in [1.29, 1.82) is 0 Å². The van der Waals surface area contributed by atoms with Crippen molar-refractivity contribution in [3.8, 4) is 5.75 Å². The zero-order valence-electron chi connectivity index (χ0n) is 15.9. The number of benzene rings is 2. The van der Waals surface area contributed by atoms with E-state index in [1.54, 1.807) is 6.21 Å². The molecule has 0 aromatic heterocycles. The minimum absolute atomic E-state index is 0.0651. The van der Waals surface area contributed by atoms with Gasteiger partial charge < -0.3 is 9.64 Å². The summed E-state index contributed by atoms with van der Waals surface area (Å²) < 4.78 is 5.68. The molecule has 2 aromatic rings. The maximum absolute atomic E-state index is 11.9. The van der Waals surface area contributed by atoms with Crippen molar-refractivity contribution in [3.05, 3.63) is 59.7 Å². The van der Waals surface area contributed by atoms with E-state index in [1.165, 1.54) is 0 Å². The number of hydrogen-bond donors (Lipinski definition) is 1. The van der Waals surface area contributed by atoms with Crippen LogP contribution in [0.2, 0.25) is 0 Å². The molecule has 0 fully saturated rings. The van der Waals surface area contributed by atoms with Gasteiger partial charge in [-0.2, -0.15) is 5.10 Å². The van der Waals surface area contributed by atoms with Gasteiger partial charge in [-0.15, -0.1) is 0 Å². The number of rotatable bonds is 8. The van der Waals surface area contributed by atoms with Gasteiger partial charge in [-0.05, 0) is 41.7 Å². The third kappa shape index (κ3) is 5.62. The second-order valence-electron chi connectivity index (χ2n) is 6.41. The van der Waals surface area contributed by atoms with Crippen LogP contribution in [0.25, 0.3) is 0 Å². The Kier molecular flexibility index (Phi) is 7.21. The average Bonchev–Trinajstić information content (AvgIpc) is 2.66. The zero-order chi connectivity index (χ0) is 18.9. The number of carbonyl (C=O) groups excluding carboxylic acids is 1. The SMILES string of the molecule is CCC(C)c1ccccc1OCC(=O)N/N=C/c1ccc(N(C)C)cc1. The highest BCUT2D eigenvalue weighted by Gasteiger charge is 2.10. The topological polar surface area (TPSA) is 53.9 Å². The van der Waals surface area contributed by atoms with Crippen LogP contribution >= 0.6 is 0 Å². The first kappa shape index (κ1) is 19.5. The van der Waals surface area contributed by atoms with Gasteiger partial charge in [-0.3, -0.25) is 4.79 Å². The molecular weight excluding hydrogens is 326 g/mol. The highest BCUT2D eigenvalue weighted by atomic mass is 16.5. The summed E-state index contributed by atoms with van der Waals surface area (Å²) in [6.45, 7) is 4.21. The van der Waals surface area contributed by atoms with Crippen LogP contribution in [-0.4, -0.2) is 32.8 Å². The van der Waals surface area contributed by atoms with Gasteiger partial charge in [0.2, 0.25) is 0 Å². The summed E-state index contributed by atoms with van der Waals surface area (Å²) in [4.78, 5) is 14.0. The molecule has 1 amide bonds. The van der Waals surface area contributed by atoms with E-state index in [2.05, 4.69) is 24.4 Å². The third-order valence-corrected chi connectivity index (χ3v) is 4.23. The molecule has 0 aliphatic heterocycles. The normalized spacial score (nSPS) is 12.0. The fourth-order valence-electron chi connectivity index (χ4n) is 2.45. The van der Waals surface area contributed by atoms with E-state index in [4.69, 9.17) is 4.74 Å². The minimum atomic E-state index is -0.287. The first-order valence-electron chi connectivity index (χ1n) is 8.82. The van der Waals surface area contributed by atoms with Crippen molar-refractivity contribution < 1.29 is 9.53 Å². The van der Waals surface area contributed by atoms with Gasteiger partial charge in [0.15, 0.2) is 6.61 Å². The van der Waals surface area contributed by atoms with E-state index >= 15 is 0 Å². The highest BCUT2D eigenvalue weighted by Crippen LogP contribution is 2.28. The standard InChI is InChI=1S/C21H27N3O2/c1-5-16(2)19-8-6-7-9-20(19)26-15-21(25)23-22-14-17-10-12-18(13-11-17)24(3)4/h6-14,16H,5,15H2,1-4H3,(H,23,25)/b22-14+. The molecule has 0 saturated carbocycles. The lowest BCUT2D eigenvalue weighted by Crippen LogP contribution is -2.25. The lowest BCUT2D eigenvalue weighted by atomic mass is 9.98. The summed E-state index contributed by atoms with van der Waals surface area (Å²) in [7, 11) is 3.98. The lowest BCUT2D eigenvalue weighted by Gasteiger charge is -2.15. The van der Waals surface area contributed by atoms with Gasteiger partial charge in [-0.25, -0.2) is 5.43 Å². The summed E-state index contributed by atoms with van der Waals surface area (Å²) in [5, 5.41) is 3.98. The number of hydrazone groups is 1. The number of nitrogens with one attached hydrogen (secondary N) is 1. The number of carbonyl (C=O) groups is 1. The second kappa shape index (κ2) is 9.61. The Morgan fingerprint density at radius 3 is 2.54 bits per heavy atom. The van der Waals surface area contributed by atoms with Crippen molar-refractivity contribution >= 4 is 17.8 Å². The Morgan fingerprint density at radius 1 is 1.19 bits per heavy atom. The quantitative estimate of drug-likeness (QED) is 0.580. The molecule has 0 saturated heterocycles. The predicted octanol–water partition coefficient (Wildman–Crippen LogP) is 3.80. The molecule has 0 aliphatic rings. The van der Waals surface area contributed by atoms with Crippen LogP contribution in [0.15, 0.2) is 53.6 Å². The third-order valence-electron chi connectivity index (χ3n) is 4.23. The number of hydrogen-bond acceptors (Lipinski definition) is 4. The van der Waals surface area contributed by atoms with E-state index in [0.29, 0.717) is 5.92 Å². The fraction of sp³-hybridized carbons (Fsp3) is 0.333. The molecule has 0 aliphatic carbocycles. The second-order valence-corrected chi connectivity index (χ2v) is 6.41. The molecule has 0 spiro atoms. The van der Waals surface area contributed by atoms with Gasteiger partial charge >= 0.3 is 0 Å². The largest absolute Gasteiger partial charge is 0.483 e. The molecular formula is C21H27N3O2. The summed E-state index contributed by atoms with van der Waals surface area (Å²) in [6.07, 6.45) is 2.63. The highest BCUT2D eigenvalue weighted by molar-refractivity contribution is 5.83. The van der Waals surface area contributed by atoms with E-state index in [0.717, 1.165) is 29.0 Å². The van der Waals surface area contributed by atoms with Crippen molar-refractivity contribution in [2.24, 2.45) is 5.10 Å². The minimum Gasteiger partial charge on any atom is -0.483 e. The Hall–Kier alpha value is -2.82. The number of para-hydroxylation sites is 1. The molecule has 1 unspecified atom stereocenters. The van der Waals surface area contributed by atoms with Crippen LogP contribution in [-0.2, 0) is 4.79 Å². The fourth-order valence-corrected chi connectivity index (χ4v) is 2.45. The summed E-state index contributed by atoms with van der Waals surface area (Å²) in [5.74, 6) is 0.850. The van der Waals surface area contributed by atoms with E-state index in [-0.39, 0.29) is 12.5 Å². The van der Waals surface area contributed by atoms with E-state index in [9.17, 15) is 4.79 Å². The summed E-state index contributed by atoms with van der Waals surface area (Å²) >= 11 is 0. The first-order valence-corrected chi connectivity index (χ1v) is 8.82. The molecule has 1 atom stereocenters. The maximum Gasteiger partial charge on any atom is 0.277 e. The average molecular weight is 353 g/mol. The van der Waals surface area contributed by atoms with Crippen LogP contribution < -0.4 is 15.1 Å². The number of amides is 1. The Bertz CT molecular complexity index is 739. The Balaban J connectivity index is 1.86. The zero-order valence-corrected chi connectivity index (χ0v) is 15.9. The van der Waals surface area contributed by atoms with Crippen molar-refractivity contribution in [2.45, 2.75) is 26.2 Å². The maximum atomic E-state index is 11.9. The molecule has 2 rings (SSSR count). The molecule has 5 heteroatoms. The van der Waals surface area contributed by atoms with Crippen LogP contribution in [0, 0.1) is 0 Å². The lowest BCUT2D eigenvalue weighted by molar-refractivity contribution is -0.123. The summed E-state index contributed by atoms with van der Waals surface area (Å²) in [5.41, 5.74) is 5.64. The van der Waals surface area contributed by atoms with Gasteiger partial charge in [-0.1, -0.05) is 44.2 Å². The Labute approximate surface area is 155 Å². The van der Waals surface area contributed by atoms with E-state index < -0.39 is 0 Å². The van der Waals surface area contributed by atoms with Crippen LogP contribution in [0.3, 0.4) is 0 Å².